The number of carbonyl (C=O) groups is 1. The number of thiophene rings is 1. The van der Waals surface area contributed by atoms with Crippen LogP contribution in [0.15, 0.2) is 30.3 Å². The summed E-state index contributed by atoms with van der Waals surface area (Å²) in [5, 5.41) is 12.4. The van der Waals surface area contributed by atoms with Crippen molar-refractivity contribution in [3.05, 3.63) is 56.8 Å². The maximum absolute atomic E-state index is 10.9. The first-order chi connectivity index (χ1) is 10.2. The molecule has 0 spiro atoms. The summed E-state index contributed by atoms with van der Waals surface area (Å²) in [7, 11) is 0. The minimum absolute atomic E-state index is 0.0884. The van der Waals surface area contributed by atoms with Gasteiger partial charge in [-0.3, -0.25) is 4.79 Å². The summed E-state index contributed by atoms with van der Waals surface area (Å²) in [4.78, 5) is 13.8. The summed E-state index contributed by atoms with van der Waals surface area (Å²) in [6.07, 6.45) is 3.86. The smallest absolute Gasteiger partial charge is 0.307 e. The van der Waals surface area contributed by atoms with Gasteiger partial charge in [-0.05, 0) is 42.0 Å². The fraction of sp³-hybridized carbons (Fsp3) is 0.353. The molecule has 4 heteroatoms. The fourth-order valence-corrected chi connectivity index (χ4v) is 4.09. The molecule has 0 bridgehead atoms. The highest BCUT2D eigenvalue weighted by molar-refractivity contribution is 7.12. The number of carboxylic acid groups (broad SMARTS) is 1. The molecule has 0 atom stereocenters. The van der Waals surface area contributed by atoms with Crippen LogP contribution in [0.4, 0.5) is 0 Å². The van der Waals surface area contributed by atoms with Gasteiger partial charge in [0, 0.05) is 22.8 Å². The Bertz CT molecular complexity index is 626. The summed E-state index contributed by atoms with van der Waals surface area (Å²) in [5.74, 6) is -0.780. The largest absolute Gasteiger partial charge is 0.481 e. The van der Waals surface area contributed by atoms with E-state index in [1.54, 1.807) is 4.88 Å². The number of rotatable bonds is 6. The topological polar surface area (TPSA) is 49.3 Å². The Balaban J connectivity index is 1.58. The van der Waals surface area contributed by atoms with Gasteiger partial charge in [0.15, 0.2) is 0 Å². The Kier molecular flexibility index (Phi) is 4.36. The van der Waals surface area contributed by atoms with Crippen LogP contribution in [0.1, 0.15) is 32.9 Å². The Hall–Kier alpha value is -1.65. The Morgan fingerprint density at radius 3 is 2.76 bits per heavy atom. The highest BCUT2D eigenvalue weighted by Gasteiger charge is 2.14. The van der Waals surface area contributed by atoms with Gasteiger partial charge < -0.3 is 10.4 Å². The van der Waals surface area contributed by atoms with Gasteiger partial charge in [-0.25, -0.2) is 0 Å². The van der Waals surface area contributed by atoms with Crippen LogP contribution < -0.4 is 5.32 Å². The molecule has 1 heterocycles. The third-order valence-electron chi connectivity index (χ3n) is 3.87. The number of hydrogen-bond acceptors (Lipinski definition) is 3. The average Bonchev–Trinajstić information content (AvgIpc) is 3.01. The van der Waals surface area contributed by atoms with Crippen molar-refractivity contribution in [2.75, 3.05) is 0 Å². The van der Waals surface area contributed by atoms with E-state index >= 15 is 0 Å². The van der Waals surface area contributed by atoms with Crippen molar-refractivity contribution in [2.45, 2.75) is 38.8 Å². The zero-order valence-electron chi connectivity index (χ0n) is 11.9. The number of carboxylic acids is 1. The fourth-order valence-electron chi connectivity index (χ4n) is 2.86. The molecular weight excluding hydrogens is 282 g/mol. The summed E-state index contributed by atoms with van der Waals surface area (Å²) in [5.41, 5.74) is 3.50. The minimum atomic E-state index is -0.780. The van der Waals surface area contributed by atoms with Crippen LogP contribution in [0, 0.1) is 0 Å². The lowest BCUT2D eigenvalue weighted by Gasteiger charge is -2.08. The van der Waals surface area contributed by atoms with E-state index < -0.39 is 5.97 Å². The molecule has 0 radical (unpaired) electrons. The molecular formula is C17H19NO2S. The molecule has 1 aliphatic carbocycles. The SMILES string of the molecule is O=C(O)Cc1ccccc1CNCc1cc2c(s1)CCC2. The van der Waals surface area contributed by atoms with Gasteiger partial charge in [-0.2, -0.15) is 0 Å². The first-order valence-corrected chi connectivity index (χ1v) is 8.14. The molecule has 21 heavy (non-hydrogen) atoms. The van der Waals surface area contributed by atoms with E-state index in [1.807, 2.05) is 35.6 Å². The molecule has 3 nitrogen and oxygen atoms in total. The first-order valence-electron chi connectivity index (χ1n) is 7.32. The van der Waals surface area contributed by atoms with Gasteiger partial charge in [-0.15, -0.1) is 11.3 Å². The van der Waals surface area contributed by atoms with Crippen molar-refractivity contribution in [3.63, 3.8) is 0 Å². The van der Waals surface area contributed by atoms with Crippen molar-refractivity contribution in [3.8, 4) is 0 Å². The van der Waals surface area contributed by atoms with Crippen LogP contribution in [-0.2, 0) is 37.1 Å². The van der Waals surface area contributed by atoms with Crippen LogP contribution in [-0.4, -0.2) is 11.1 Å². The van der Waals surface area contributed by atoms with Crippen molar-refractivity contribution >= 4 is 17.3 Å². The zero-order chi connectivity index (χ0) is 14.7. The highest BCUT2D eigenvalue weighted by Crippen LogP contribution is 2.30. The number of fused-ring (bicyclic) bond motifs is 1. The standard InChI is InChI=1S/C17H19NO2S/c19-17(20)9-12-4-1-2-5-14(12)10-18-11-15-8-13-6-3-7-16(13)21-15/h1-2,4-5,8,18H,3,6-7,9-11H2,(H,19,20). The van der Waals surface area contributed by atoms with Gasteiger partial charge in [0.2, 0.25) is 0 Å². The highest BCUT2D eigenvalue weighted by atomic mass is 32.1. The third kappa shape index (κ3) is 3.52. The van der Waals surface area contributed by atoms with E-state index in [4.69, 9.17) is 5.11 Å². The number of aliphatic carboxylic acids is 1. The van der Waals surface area contributed by atoms with Gasteiger partial charge in [0.25, 0.3) is 0 Å². The monoisotopic (exact) mass is 301 g/mol. The van der Waals surface area contributed by atoms with Gasteiger partial charge in [0.05, 0.1) is 6.42 Å². The second-order valence-corrected chi connectivity index (χ2v) is 6.68. The van der Waals surface area contributed by atoms with Gasteiger partial charge in [0.1, 0.15) is 0 Å². The number of benzene rings is 1. The van der Waals surface area contributed by atoms with E-state index in [9.17, 15) is 4.79 Å². The molecule has 0 unspecified atom stereocenters. The zero-order valence-corrected chi connectivity index (χ0v) is 12.7. The normalized spacial score (nSPS) is 13.3. The lowest BCUT2D eigenvalue weighted by Crippen LogP contribution is -2.14. The lowest BCUT2D eigenvalue weighted by molar-refractivity contribution is -0.136. The van der Waals surface area contributed by atoms with Crippen LogP contribution in [0.2, 0.25) is 0 Å². The van der Waals surface area contributed by atoms with Gasteiger partial charge >= 0.3 is 5.97 Å². The summed E-state index contributed by atoms with van der Waals surface area (Å²) in [6, 6.07) is 10.1. The second kappa shape index (κ2) is 6.41. The van der Waals surface area contributed by atoms with Crippen LogP contribution in [0.3, 0.4) is 0 Å². The van der Waals surface area contributed by atoms with Crippen molar-refractivity contribution in [1.82, 2.24) is 5.32 Å². The number of nitrogens with one attached hydrogen (secondary N) is 1. The van der Waals surface area contributed by atoms with E-state index in [2.05, 4.69) is 11.4 Å². The Morgan fingerprint density at radius 1 is 1.19 bits per heavy atom. The molecule has 1 aliphatic rings. The maximum atomic E-state index is 10.9. The Morgan fingerprint density at radius 2 is 2.00 bits per heavy atom. The molecule has 1 aromatic carbocycles. The van der Waals surface area contributed by atoms with E-state index in [1.165, 1.54) is 29.7 Å². The summed E-state index contributed by atoms with van der Waals surface area (Å²) < 4.78 is 0. The first kappa shape index (κ1) is 14.3. The van der Waals surface area contributed by atoms with Crippen molar-refractivity contribution in [1.29, 1.82) is 0 Å². The lowest BCUT2D eigenvalue weighted by atomic mass is 10.0. The van der Waals surface area contributed by atoms with Gasteiger partial charge in [-0.1, -0.05) is 24.3 Å². The third-order valence-corrected chi connectivity index (χ3v) is 5.11. The van der Waals surface area contributed by atoms with Crippen molar-refractivity contribution in [2.24, 2.45) is 0 Å². The van der Waals surface area contributed by atoms with Crippen LogP contribution >= 0.6 is 11.3 Å². The predicted molar refractivity (Wildman–Crippen MR) is 84.7 cm³/mol. The number of aryl methyl sites for hydroxylation is 2. The molecule has 0 aliphatic heterocycles. The minimum Gasteiger partial charge on any atom is -0.481 e. The molecule has 3 rings (SSSR count). The quantitative estimate of drug-likeness (QED) is 0.861. The Labute approximate surface area is 128 Å². The predicted octanol–water partition coefficient (Wildman–Crippen LogP) is 3.15. The molecule has 0 fully saturated rings. The summed E-state index contributed by atoms with van der Waals surface area (Å²) in [6.45, 7) is 1.57. The van der Waals surface area contributed by atoms with Crippen molar-refractivity contribution < 1.29 is 9.90 Å². The van der Waals surface area contributed by atoms with Crippen LogP contribution in [0.5, 0.6) is 0 Å². The second-order valence-electron chi connectivity index (χ2n) is 5.46. The molecule has 2 aromatic rings. The molecule has 1 aromatic heterocycles. The maximum Gasteiger partial charge on any atom is 0.307 e. The molecule has 0 saturated carbocycles. The van der Waals surface area contributed by atoms with E-state index in [0.717, 1.165) is 17.7 Å². The average molecular weight is 301 g/mol. The van der Waals surface area contributed by atoms with Crippen LogP contribution in [0.25, 0.3) is 0 Å². The molecule has 2 N–H and O–H groups in total. The van der Waals surface area contributed by atoms with E-state index in [-0.39, 0.29) is 6.42 Å². The molecule has 0 amide bonds. The number of hydrogen-bond donors (Lipinski definition) is 2. The summed E-state index contributed by atoms with van der Waals surface area (Å²) >= 11 is 1.92. The molecule has 0 saturated heterocycles. The van der Waals surface area contributed by atoms with E-state index in [0.29, 0.717) is 6.54 Å². The molecule has 110 valence electrons.